The number of rotatable bonds is 2. The Morgan fingerprint density at radius 1 is 1.36 bits per heavy atom. The maximum absolute atomic E-state index is 11.1. The van der Waals surface area contributed by atoms with Crippen molar-refractivity contribution < 1.29 is 8.42 Å². The van der Waals surface area contributed by atoms with Crippen LogP contribution in [0.1, 0.15) is 0 Å². The van der Waals surface area contributed by atoms with E-state index in [-0.39, 0.29) is 0 Å². The minimum absolute atomic E-state index is 0.587. The van der Waals surface area contributed by atoms with Gasteiger partial charge in [-0.3, -0.25) is 0 Å². The molecule has 0 radical (unpaired) electrons. The number of thiol groups is 1. The molecule has 0 unspecified atom stereocenters. The van der Waals surface area contributed by atoms with Crippen molar-refractivity contribution in [1.82, 2.24) is 14.4 Å². The monoisotopic (exact) mass is 231 g/mol. The molecule has 1 aliphatic rings. The first kappa shape index (κ1) is 9.47. The first-order valence-electron chi connectivity index (χ1n) is 3.83. The Morgan fingerprint density at radius 3 is 2.50 bits per heavy atom. The highest BCUT2D eigenvalue weighted by atomic mass is 32.2. The molecule has 0 saturated heterocycles. The van der Waals surface area contributed by atoms with Crippen LogP contribution in [-0.2, 0) is 10.0 Å². The molecule has 0 saturated carbocycles. The molecule has 0 atom stereocenters. The zero-order valence-corrected chi connectivity index (χ0v) is 9.11. The second kappa shape index (κ2) is 3.25. The van der Waals surface area contributed by atoms with E-state index in [1.807, 2.05) is 23.0 Å². The van der Waals surface area contributed by atoms with E-state index in [1.54, 1.807) is 0 Å². The Morgan fingerprint density at radius 2 is 2.00 bits per heavy atom. The van der Waals surface area contributed by atoms with E-state index < -0.39 is 20.9 Å². The maximum Gasteiger partial charge on any atom is 0.252 e. The molecule has 5 nitrogen and oxygen atoms in total. The molecule has 2 rings (SSSR count). The molecule has 0 aromatic carbocycles. The summed E-state index contributed by atoms with van der Waals surface area (Å²) in [7, 11) is -3.89. The molecule has 1 aromatic heterocycles. The zero-order chi connectivity index (χ0) is 10.2. The van der Waals surface area contributed by atoms with Gasteiger partial charge in [-0.25, -0.2) is 8.42 Å². The maximum atomic E-state index is 11.1. The number of hydrogen-bond acceptors (Lipinski definition) is 4. The summed E-state index contributed by atoms with van der Waals surface area (Å²) < 4.78 is 23.1. The van der Waals surface area contributed by atoms with Crippen LogP contribution in [0.25, 0.3) is 0 Å². The Labute approximate surface area is 84.5 Å². The summed E-state index contributed by atoms with van der Waals surface area (Å²) in [6.07, 6.45) is 6.40. The lowest BCUT2D eigenvalue weighted by molar-refractivity contribution is 0.583. The largest absolute Gasteiger partial charge is 0.252 e. The van der Waals surface area contributed by atoms with Gasteiger partial charge in [0.25, 0.3) is 10.0 Å². The Bertz CT molecular complexity index is 489. The van der Waals surface area contributed by atoms with Gasteiger partial charge < -0.3 is 0 Å². The molecular weight excluding hydrogens is 222 g/mol. The van der Waals surface area contributed by atoms with Crippen LogP contribution < -0.4 is 0 Å². The molecular formula is C7H9N3O2S2. The third kappa shape index (κ3) is 1.73. The Kier molecular flexibility index (Phi) is 2.20. The molecule has 14 heavy (non-hydrogen) atoms. The SMILES string of the molecule is CS(=O)(=O)n1cc([SH]2C=CC=C2)nn1. The second-order valence-electron chi connectivity index (χ2n) is 2.80. The molecule has 76 valence electrons. The highest BCUT2D eigenvalue weighted by Crippen LogP contribution is 2.40. The van der Waals surface area contributed by atoms with Gasteiger partial charge in [-0.1, -0.05) is 17.4 Å². The minimum atomic E-state index is -3.31. The van der Waals surface area contributed by atoms with Gasteiger partial charge in [0.05, 0.1) is 12.5 Å². The summed E-state index contributed by atoms with van der Waals surface area (Å²) in [5, 5.41) is 12.1. The van der Waals surface area contributed by atoms with Gasteiger partial charge in [-0.05, 0) is 10.8 Å². The number of hydrogen-bond donors (Lipinski definition) is 1. The van der Waals surface area contributed by atoms with Crippen molar-refractivity contribution in [3.8, 4) is 0 Å². The summed E-state index contributed by atoms with van der Waals surface area (Å²) in [6.45, 7) is 0. The van der Waals surface area contributed by atoms with Gasteiger partial charge >= 0.3 is 0 Å². The topological polar surface area (TPSA) is 64.8 Å². The lowest BCUT2D eigenvalue weighted by Crippen LogP contribution is -2.10. The van der Waals surface area contributed by atoms with Crippen molar-refractivity contribution in [3.05, 3.63) is 29.2 Å². The van der Waals surface area contributed by atoms with Crippen molar-refractivity contribution in [2.45, 2.75) is 5.03 Å². The van der Waals surface area contributed by atoms with Crippen LogP contribution >= 0.6 is 10.9 Å². The summed E-state index contributed by atoms with van der Waals surface area (Å²) in [5.74, 6) is 0. The molecule has 0 fully saturated rings. The molecule has 0 amide bonds. The van der Waals surface area contributed by atoms with Crippen LogP contribution in [0, 0.1) is 0 Å². The number of nitrogens with zero attached hydrogens (tertiary/aromatic N) is 3. The smallest absolute Gasteiger partial charge is 0.205 e. The van der Waals surface area contributed by atoms with E-state index in [9.17, 15) is 8.42 Å². The van der Waals surface area contributed by atoms with E-state index in [2.05, 4.69) is 10.3 Å². The van der Waals surface area contributed by atoms with Crippen molar-refractivity contribution in [2.75, 3.05) is 6.26 Å². The molecule has 1 aromatic rings. The third-order valence-electron chi connectivity index (χ3n) is 1.67. The molecule has 2 heterocycles. The summed E-state index contributed by atoms with van der Waals surface area (Å²) in [6, 6.07) is 0. The quantitative estimate of drug-likeness (QED) is 0.752. The van der Waals surface area contributed by atoms with E-state index in [0.717, 1.165) is 10.3 Å². The van der Waals surface area contributed by atoms with Gasteiger partial charge in [0.15, 0.2) is 0 Å². The lowest BCUT2D eigenvalue weighted by atomic mass is 10.6. The van der Waals surface area contributed by atoms with Crippen LogP contribution in [-0.4, -0.2) is 29.1 Å². The van der Waals surface area contributed by atoms with Crippen molar-refractivity contribution >= 4 is 20.9 Å². The molecule has 0 aliphatic carbocycles. The third-order valence-corrected chi connectivity index (χ3v) is 4.25. The molecule has 0 spiro atoms. The van der Waals surface area contributed by atoms with Crippen molar-refractivity contribution in [1.29, 1.82) is 0 Å². The highest BCUT2D eigenvalue weighted by Gasteiger charge is 2.12. The van der Waals surface area contributed by atoms with Crippen molar-refractivity contribution in [3.63, 3.8) is 0 Å². The molecule has 7 heteroatoms. The first-order chi connectivity index (χ1) is 6.57. The van der Waals surface area contributed by atoms with Crippen LogP contribution in [0.3, 0.4) is 0 Å². The number of allylic oxidation sites excluding steroid dienone is 2. The van der Waals surface area contributed by atoms with E-state index >= 15 is 0 Å². The van der Waals surface area contributed by atoms with Crippen LogP contribution in [0.4, 0.5) is 0 Å². The summed E-state index contributed by atoms with van der Waals surface area (Å²) >= 11 is 0. The zero-order valence-electron chi connectivity index (χ0n) is 7.40. The predicted octanol–water partition coefficient (Wildman–Crippen LogP) is 0.487. The normalized spacial score (nSPS) is 17.9. The fourth-order valence-electron chi connectivity index (χ4n) is 1.01. The highest BCUT2D eigenvalue weighted by molar-refractivity contribution is 8.22. The Hall–Kier alpha value is -1.08. The van der Waals surface area contributed by atoms with Gasteiger partial charge in [-0.2, -0.15) is 10.9 Å². The average molecular weight is 231 g/mol. The fourth-order valence-corrected chi connectivity index (χ4v) is 2.91. The van der Waals surface area contributed by atoms with Crippen LogP contribution in [0.2, 0.25) is 0 Å². The first-order valence-corrected chi connectivity index (χ1v) is 7.16. The minimum Gasteiger partial charge on any atom is -0.205 e. The molecule has 0 bridgehead atoms. The van der Waals surface area contributed by atoms with Crippen LogP contribution in [0.15, 0.2) is 34.2 Å². The van der Waals surface area contributed by atoms with E-state index in [1.165, 1.54) is 6.20 Å². The standard InChI is InChI=1S/C7H9N3O2S2/c1-14(11,12)10-6-7(8-9-10)13-4-2-3-5-13/h2-6,13H,1H3. The summed E-state index contributed by atoms with van der Waals surface area (Å²) in [5.41, 5.74) is 0. The van der Waals surface area contributed by atoms with E-state index in [0.29, 0.717) is 5.03 Å². The van der Waals surface area contributed by atoms with Gasteiger partial charge in [0.2, 0.25) is 0 Å². The molecule has 0 N–H and O–H groups in total. The lowest BCUT2D eigenvalue weighted by Gasteiger charge is -2.02. The second-order valence-corrected chi connectivity index (χ2v) is 6.51. The summed E-state index contributed by atoms with van der Waals surface area (Å²) in [4.78, 5) is 0. The van der Waals surface area contributed by atoms with Crippen molar-refractivity contribution in [2.24, 2.45) is 0 Å². The number of aromatic nitrogens is 3. The van der Waals surface area contributed by atoms with Crippen LogP contribution in [0.5, 0.6) is 0 Å². The molecule has 1 aliphatic heterocycles. The van der Waals surface area contributed by atoms with E-state index in [4.69, 9.17) is 0 Å². The Balaban J connectivity index is 2.35. The van der Waals surface area contributed by atoms with Gasteiger partial charge in [-0.15, -0.1) is 9.19 Å². The van der Waals surface area contributed by atoms with Gasteiger partial charge in [0.1, 0.15) is 5.03 Å². The van der Waals surface area contributed by atoms with Gasteiger partial charge in [0, 0.05) is 0 Å². The fraction of sp³-hybridized carbons (Fsp3) is 0.143. The predicted molar refractivity (Wildman–Crippen MR) is 55.8 cm³/mol. The average Bonchev–Trinajstić information content (AvgIpc) is 2.73.